The van der Waals surface area contributed by atoms with Gasteiger partial charge >= 0.3 is 0 Å². The molecule has 2 aromatic carbocycles. The van der Waals surface area contributed by atoms with E-state index < -0.39 is 0 Å². The lowest BCUT2D eigenvalue weighted by atomic mass is 10.1. The van der Waals surface area contributed by atoms with Crippen molar-refractivity contribution in [2.45, 2.75) is 6.92 Å². The Hall–Kier alpha value is -1.85. The standard InChI is InChI=1S/C18H19BrN2O2/c1-13-3-2-4-14(11-13)18(22)20-15-5-6-17(16(19)12-15)21-7-9-23-10-8-21/h2-6,11-12H,7-10H2,1H3,(H,20,22). The number of hydrogen-bond donors (Lipinski definition) is 1. The highest BCUT2D eigenvalue weighted by molar-refractivity contribution is 9.10. The highest BCUT2D eigenvalue weighted by Crippen LogP contribution is 2.30. The number of hydrogen-bond acceptors (Lipinski definition) is 3. The van der Waals surface area contributed by atoms with Gasteiger partial charge in [-0.3, -0.25) is 4.79 Å². The third-order valence-corrected chi connectivity index (χ3v) is 4.47. The summed E-state index contributed by atoms with van der Waals surface area (Å²) in [7, 11) is 0. The molecule has 4 nitrogen and oxygen atoms in total. The van der Waals surface area contributed by atoms with E-state index in [4.69, 9.17) is 4.74 Å². The van der Waals surface area contributed by atoms with Gasteiger partial charge in [0.2, 0.25) is 0 Å². The second-order valence-corrected chi connectivity index (χ2v) is 6.44. The molecule has 3 rings (SSSR count). The molecule has 0 aliphatic carbocycles. The molecule has 1 N–H and O–H groups in total. The van der Waals surface area contributed by atoms with Crippen molar-refractivity contribution in [3.63, 3.8) is 0 Å². The molecule has 0 atom stereocenters. The van der Waals surface area contributed by atoms with E-state index in [1.165, 1.54) is 0 Å². The molecule has 0 aromatic heterocycles. The fourth-order valence-corrected chi connectivity index (χ4v) is 3.26. The first-order valence-corrected chi connectivity index (χ1v) is 8.43. The smallest absolute Gasteiger partial charge is 0.255 e. The summed E-state index contributed by atoms with van der Waals surface area (Å²) in [5.41, 5.74) is 3.64. The molecule has 0 spiro atoms. The number of anilines is 2. The minimum atomic E-state index is -0.0975. The Balaban J connectivity index is 1.73. The zero-order valence-electron chi connectivity index (χ0n) is 13.0. The van der Waals surface area contributed by atoms with Gasteiger partial charge in [-0.1, -0.05) is 17.7 Å². The number of amides is 1. The number of nitrogens with one attached hydrogen (secondary N) is 1. The number of ether oxygens (including phenoxy) is 1. The van der Waals surface area contributed by atoms with Crippen LogP contribution in [0.1, 0.15) is 15.9 Å². The van der Waals surface area contributed by atoms with E-state index in [1.807, 2.05) is 49.4 Å². The predicted octanol–water partition coefficient (Wildman–Crippen LogP) is 3.85. The van der Waals surface area contributed by atoms with Gasteiger partial charge in [0.05, 0.1) is 18.9 Å². The molecular weight excluding hydrogens is 356 g/mol. The zero-order chi connectivity index (χ0) is 16.2. The van der Waals surface area contributed by atoms with Gasteiger partial charge < -0.3 is 15.0 Å². The van der Waals surface area contributed by atoms with E-state index in [0.29, 0.717) is 5.56 Å². The van der Waals surface area contributed by atoms with E-state index >= 15 is 0 Å². The van der Waals surface area contributed by atoms with Crippen LogP contribution in [0.3, 0.4) is 0 Å². The number of halogens is 1. The second kappa shape index (κ2) is 7.15. The Bertz CT molecular complexity index is 712. The average Bonchev–Trinajstić information content (AvgIpc) is 2.56. The third-order valence-electron chi connectivity index (χ3n) is 3.84. The number of carbonyl (C=O) groups is 1. The first-order chi connectivity index (χ1) is 11.1. The van der Waals surface area contributed by atoms with Gasteiger partial charge in [0.25, 0.3) is 5.91 Å². The third kappa shape index (κ3) is 3.92. The molecule has 0 saturated carbocycles. The molecule has 5 heteroatoms. The number of rotatable bonds is 3. The van der Waals surface area contributed by atoms with Crippen LogP contribution in [0.15, 0.2) is 46.9 Å². The minimum Gasteiger partial charge on any atom is -0.378 e. The highest BCUT2D eigenvalue weighted by Gasteiger charge is 2.15. The first kappa shape index (κ1) is 16.0. The largest absolute Gasteiger partial charge is 0.378 e. The van der Waals surface area contributed by atoms with Gasteiger partial charge in [-0.15, -0.1) is 0 Å². The van der Waals surface area contributed by atoms with Crippen molar-refractivity contribution in [2.75, 3.05) is 36.5 Å². The molecule has 0 bridgehead atoms. The Kier molecular flexibility index (Phi) is 4.98. The maximum atomic E-state index is 12.3. The van der Waals surface area contributed by atoms with Crippen molar-refractivity contribution in [2.24, 2.45) is 0 Å². The van der Waals surface area contributed by atoms with Crippen molar-refractivity contribution >= 4 is 33.2 Å². The summed E-state index contributed by atoms with van der Waals surface area (Å²) in [6.45, 7) is 5.24. The summed E-state index contributed by atoms with van der Waals surface area (Å²) >= 11 is 3.61. The van der Waals surface area contributed by atoms with Crippen LogP contribution < -0.4 is 10.2 Å². The van der Waals surface area contributed by atoms with Crippen LogP contribution in [0, 0.1) is 6.92 Å². The van der Waals surface area contributed by atoms with Gasteiger partial charge in [0, 0.05) is 28.8 Å². The monoisotopic (exact) mass is 374 g/mol. The average molecular weight is 375 g/mol. The molecule has 1 aliphatic rings. The summed E-state index contributed by atoms with van der Waals surface area (Å²) in [5, 5.41) is 2.94. The maximum absolute atomic E-state index is 12.3. The quantitative estimate of drug-likeness (QED) is 0.886. The fraction of sp³-hybridized carbons (Fsp3) is 0.278. The molecule has 1 amide bonds. The van der Waals surface area contributed by atoms with Crippen LogP contribution in [0.5, 0.6) is 0 Å². The van der Waals surface area contributed by atoms with Crippen LogP contribution in [0.4, 0.5) is 11.4 Å². The van der Waals surface area contributed by atoms with E-state index in [1.54, 1.807) is 0 Å². The lowest BCUT2D eigenvalue weighted by Gasteiger charge is -2.29. The Morgan fingerprint density at radius 3 is 2.65 bits per heavy atom. The topological polar surface area (TPSA) is 41.6 Å². The van der Waals surface area contributed by atoms with Crippen molar-refractivity contribution in [1.82, 2.24) is 0 Å². The van der Waals surface area contributed by atoms with Gasteiger partial charge in [-0.25, -0.2) is 0 Å². The summed E-state index contributed by atoms with van der Waals surface area (Å²) in [5.74, 6) is -0.0975. The maximum Gasteiger partial charge on any atom is 0.255 e. The highest BCUT2D eigenvalue weighted by atomic mass is 79.9. The molecule has 1 aliphatic heterocycles. The van der Waals surface area contributed by atoms with Gasteiger partial charge in [0.1, 0.15) is 0 Å². The molecule has 0 radical (unpaired) electrons. The van der Waals surface area contributed by atoms with Crippen molar-refractivity contribution in [3.05, 3.63) is 58.1 Å². The zero-order valence-corrected chi connectivity index (χ0v) is 14.6. The van der Waals surface area contributed by atoms with Gasteiger partial charge in [-0.05, 0) is 53.2 Å². The Morgan fingerprint density at radius 2 is 1.96 bits per heavy atom. The molecule has 1 saturated heterocycles. The summed E-state index contributed by atoms with van der Waals surface area (Å²) in [4.78, 5) is 14.6. The number of carbonyl (C=O) groups excluding carboxylic acids is 1. The van der Waals surface area contributed by atoms with Crippen LogP contribution in [-0.2, 0) is 4.74 Å². The minimum absolute atomic E-state index is 0.0975. The van der Waals surface area contributed by atoms with E-state index in [-0.39, 0.29) is 5.91 Å². The summed E-state index contributed by atoms with van der Waals surface area (Å²) < 4.78 is 6.36. The normalized spacial score (nSPS) is 14.6. The van der Waals surface area contributed by atoms with Crippen LogP contribution >= 0.6 is 15.9 Å². The molecule has 2 aromatic rings. The molecule has 1 heterocycles. The lowest BCUT2D eigenvalue weighted by Crippen LogP contribution is -2.36. The second-order valence-electron chi connectivity index (χ2n) is 5.59. The predicted molar refractivity (Wildman–Crippen MR) is 96.3 cm³/mol. The van der Waals surface area contributed by atoms with E-state index in [0.717, 1.165) is 47.7 Å². The number of benzene rings is 2. The Morgan fingerprint density at radius 1 is 1.17 bits per heavy atom. The molecule has 0 unspecified atom stereocenters. The van der Waals surface area contributed by atoms with Crippen LogP contribution in [-0.4, -0.2) is 32.2 Å². The molecule has 1 fully saturated rings. The fourth-order valence-electron chi connectivity index (χ4n) is 2.63. The van der Waals surface area contributed by atoms with E-state index in [9.17, 15) is 4.79 Å². The number of nitrogens with zero attached hydrogens (tertiary/aromatic N) is 1. The van der Waals surface area contributed by atoms with Crippen molar-refractivity contribution < 1.29 is 9.53 Å². The van der Waals surface area contributed by atoms with Crippen LogP contribution in [0.25, 0.3) is 0 Å². The number of aryl methyl sites for hydroxylation is 1. The first-order valence-electron chi connectivity index (χ1n) is 7.64. The molecule has 23 heavy (non-hydrogen) atoms. The van der Waals surface area contributed by atoms with Crippen molar-refractivity contribution in [1.29, 1.82) is 0 Å². The van der Waals surface area contributed by atoms with Gasteiger partial charge in [-0.2, -0.15) is 0 Å². The molecule has 120 valence electrons. The van der Waals surface area contributed by atoms with Gasteiger partial charge in [0.15, 0.2) is 0 Å². The Labute approximate surface area is 144 Å². The van der Waals surface area contributed by atoms with Crippen LogP contribution in [0.2, 0.25) is 0 Å². The SMILES string of the molecule is Cc1cccc(C(=O)Nc2ccc(N3CCOCC3)c(Br)c2)c1. The summed E-state index contributed by atoms with van der Waals surface area (Å²) in [6.07, 6.45) is 0. The lowest BCUT2D eigenvalue weighted by molar-refractivity contribution is 0.102. The molecular formula is C18H19BrN2O2. The number of morpholine rings is 1. The van der Waals surface area contributed by atoms with Crippen molar-refractivity contribution in [3.8, 4) is 0 Å². The summed E-state index contributed by atoms with van der Waals surface area (Å²) in [6, 6.07) is 13.5. The van der Waals surface area contributed by atoms with E-state index in [2.05, 4.69) is 26.1 Å².